The van der Waals surface area contributed by atoms with Crippen molar-refractivity contribution in [1.29, 1.82) is 0 Å². The highest BCUT2D eigenvalue weighted by molar-refractivity contribution is 6.42. The lowest BCUT2D eigenvalue weighted by Gasteiger charge is -2.17. The Kier molecular flexibility index (Phi) is 4.33. The molecule has 0 aliphatic carbocycles. The largest absolute Gasteiger partial charge is 0.469 e. The second-order valence-corrected chi connectivity index (χ2v) is 4.86. The fraction of sp³-hybridized carbons (Fsp3) is 0.286. The molecule has 2 nitrogen and oxygen atoms in total. The van der Waals surface area contributed by atoms with Crippen LogP contribution in [-0.4, -0.2) is 7.05 Å². The van der Waals surface area contributed by atoms with E-state index in [0.717, 1.165) is 23.3 Å². The minimum absolute atomic E-state index is 0.0634. The summed E-state index contributed by atoms with van der Waals surface area (Å²) in [7, 11) is 1.92. The molecule has 2 aromatic rings. The molecule has 1 heterocycles. The number of aryl methyl sites for hydroxylation is 1. The summed E-state index contributed by atoms with van der Waals surface area (Å²) in [5, 5.41) is 4.41. The van der Waals surface area contributed by atoms with E-state index in [1.165, 1.54) is 0 Å². The van der Waals surface area contributed by atoms with Gasteiger partial charge >= 0.3 is 0 Å². The van der Waals surface area contributed by atoms with Gasteiger partial charge in [0.05, 0.1) is 22.4 Å². The van der Waals surface area contributed by atoms with Gasteiger partial charge in [0, 0.05) is 12.0 Å². The summed E-state index contributed by atoms with van der Waals surface area (Å²) >= 11 is 12.0. The van der Waals surface area contributed by atoms with Gasteiger partial charge in [0.15, 0.2) is 0 Å². The number of halogens is 2. The van der Waals surface area contributed by atoms with Crippen LogP contribution in [0.4, 0.5) is 0 Å². The summed E-state index contributed by atoms with van der Waals surface area (Å²) in [6.45, 7) is 2.07. The van der Waals surface area contributed by atoms with Gasteiger partial charge in [0.25, 0.3) is 0 Å². The van der Waals surface area contributed by atoms with Crippen LogP contribution in [-0.2, 0) is 6.42 Å². The van der Waals surface area contributed by atoms with Crippen LogP contribution in [0.5, 0.6) is 0 Å². The molecule has 0 aliphatic rings. The first-order valence-corrected chi connectivity index (χ1v) is 6.61. The minimum Gasteiger partial charge on any atom is -0.469 e. The highest BCUT2D eigenvalue weighted by Gasteiger charge is 2.18. The standard InChI is InChI=1S/C14H15Cl2NO/c1-3-13-10(6-7-18-13)14(17-2)9-4-5-11(15)12(16)8-9/h4-8,14,17H,3H2,1-2H3. The second-order valence-electron chi connectivity index (χ2n) is 4.05. The first kappa shape index (κ1) is 13.5. The van der Waals surface area contributed by atoms with E-state index in [1.807, 2.05) is 31.3 Å². The molecule has 0 spiro atoms. The summed E-state index contributed by atoms with van der Waals surface area (Å²) in [6.07, 6.45) is 2.58. The van der Waals surface area contributed by atoms with Gasteiger partial charge in [0.1, 0.15) is 5.76 Å². The monoisotopic (exact) mass is 283 g/mol. The number of nitrogens with one attached hydrogen (secondary N) is 1. The van der Waals surface area contributed by atoms with Gasteiger partial charge in [-0.1, -0.05) is 36.2 Å². The number of benzene rings is 1. The van der Waals surface area contributed by atoms with Crippen LogP contribution >= 0.6 is 23.2 Å². The molecule has 0 radical (unpaired) electrons. The van der Waals surface area contributed by atoms with Crippen LogP contribution in [0.25, 0.3) is 0 Å². The molecule has 18 heavy (non-hydrogen) atoms. The van der Waals surface area contributed by atoms with Crippen LogP contribution in [0.15, 0.2) is 34.9 Å². The molecule has 0 saturated carbocycles. The molecular weight excluding hydrogens is 269 g/mol. The summed E-state index contributed by atoms with van der Waals surface area (Å²) in [5.74, 6) is 0.987. The maximum absolute atomic E-state index is 6.07. The van der Waals surface area contributed by atoms with E-state index in [1.54, 1.807) is 6.26 Å². The van der Waals surface area contributed by atoms with E-state index < -0.39 is 0 Å². The maximum atomic E-state index is 6.07. The SMILES string of the molecule is CCc1occc1C(NC)c1ccc(Cl)c(Cl)c1. The third kappa shape index (κ3) is 2.56. The maximum Gasteiger partial charge on any atom is 0.108 e. The van der Waals surface area contributed by atoms with Crippen LogP contribution in [0.2, 0.25) is 10.0 Å². The molecule has 1 atom stereocenters. The van der Waals surface area contributed by atoms with Crippen molar-refractivity contribution in [3.63, 3.8) is 0 Å². The Balaban J connectivity index is 2.42. The Bertz CT molecular complexity index is 536. The van der Waals surface area contributed by atoms with Gasteiger partial charge in [0.2, 0.25) is 0 Å². The normalized spacial score (nSPS) is 12.7. The van der Waals surface area contributed by atoms with Crippen molar-refractivity contribution < 1.29 is 4.42 Å². The van der Waals surface area contributed by atoms with Gasteiger partial charge < -0.3 is 9.73 Å². The molecule has 0 saturated heterocycles. The predicted octanol–water partition coefficient (Wildman–Crippen LogP) is 4.46. The molecule has 0 fully saturated rings. The Morgan fingerprint density at radius 3 is 2.61 bits per heavy atom. The molecule has 0 aliphatic heterocycles. The second kappa shape index (κ2) is 5.79. The van der Waals surface area contributed by atoms with Gasteiger partial charge in [-0.3, -0.25) is 0 Å². The summed E-state index contributed by atoms with van der Waals surface area (Å²) in [5.41, 5.74) is 2.21. The number of hydrogen-bond acceptors (Lipinski definition) is 2. The number of hydrogen-bond donors (Lipinski definition) is 1. The highest BCUT2D eigenvalue weighted by atomic mass is 35.5. The van der Waals surface area contributed by atoms with Gasteiger partial charge in [-0.25, -0.2) is 0 Å². The van der Waals surface area contributed by atoms with Gasteiger partial charge in [-0.05, 0) is 30.8 Å². The van der Waals surface area contributed by atoms with Crippen molar-refractivity contribution in [3.8, 4) is 0 Å². The molecule has 1 N–H and O–H groups in total. The lowest BCUT2D eigenvalue weighted by Crippen LogP contribution is -2.18. The molecule has 2 rings (SSSR count). The van der Waals surface area contributed by atoms with Gasteiger partial charge in [-0.15, -0.1) is 0 Å². The Hall–Kier alpha value is -0.960. The van der Waals surface area contributed by atoms with Crippen molar-refractivity contribution in [2.24, 2.45) is 0 Å². The number of furan rings is 1. The summed E-state index contributed by atoms with van der Waals surface area (Å²) in [4.78, 5) is 0. The lowest BCUT2D eigenvalue weighted by atomic mass is 9.98. The van der Waals surface area contributed by atoms with E-state index in [2.05, 4.69) is 12.2 Å². The van der Waals surface area contributed by atoms with Crippen LogP contribution in [0.3, 0.4) is 0 Å². The van der Waals surface area contributed by atoms with Crippen LogP contribution in [0.1, 0.15) is 29.9 Å². The molecule has 1 aromatic carbocycles. The van der Waals surface area contributed by atoms with Crippen LogP contribution in [0, 0.1) is 0 Å². The Morgan fingerprint density at radius 2 is 2.00 bits per heavy atom. The third-order valence-electron chi connectivity index (χ3n) is 2.98. The smallest absolute Gasteiger partial charge is 0.108 e. The highest BCUT2D eigenvalue weighted by Crippen LogP contribution is 2.30. The lowest BCUT2D eigenvalue weighted by molar-refractivity contribution is 0.505. The molecule has 4 heteroatoms. The van der Waals surface area contributed by atoms with Crippen molar-refractivity contribution in [3.05, 3.63) is 57.5 Å². The zero-order chi connectivity index (χ0) is 13.1. The Labute approximate surface area is 117 Å². The summed E-state index contributed by atoms with van der Waals surface area (Å²) in [6, 6.07) is 7.73. The first-order valence-electron chi connectivity index (χ1n) is 5.85. The van der Waals surface area contributed by atoms with Gasteiger partial charge in [-0.2, -0.15) is 0 Å². The van der Waals surface area contributed by atoms with Crippen molar-refractivity contribution >= 4 is 23.2 Å². The topological polar surface area (TPSA) is 25.2 Å². The average molecular weight is 284 g/mol. The fourth-order valence-electron chi connectivity index (χ4n) is 2.09. The van der Waals surface area contributed by atoms with E-state index in [4.69, 9.17) is 27.6 Å². The van der Waals surface area contributed by atoms with E-state index in [0.29, 0.717) is 10.0 Å². The average Bonchev–Trinajstić information content (AvgIpc) is 2.83. The predicted molar refractivity (Wildman–Crippen MR) is 75.5 cm³/mol. The Morgan fingerprint density at radius 1 is 1.22 bits per heavy atom. The zero-order valence-corrected chi connectivity index (χ0v) is 11.8. The quantitative estimate of drug-likeness (QED) is 0.896. The third-order valence-corrected chi connectivity index (χ3v) is 3.72. The molecule has 0 bridgehead atoms. The van der Waals surface area contributed by atoms with Crippen molar-refractivity contribution in [1.82, 2.24) is 5.32 Å². The molecule has 96 valence electrons. The van der Waals surface area contributed by atoms with E-state index in [9.17, 15) is 0 Å². The minimum atomic E-state index is 0.0634. The van der Waals surface area contributed by atoms with E-state index in [-0.39, 0.29) is 6.04 Å². The fourth-order valence-corrected chi connectivity index (χ4v) is 2.40. The molecular formula is C14H15Cl2NO. The summed E-state index contributed by atoms with van der Waals surface area (Å²) < 4.78 is 5.47. The molecule has 1 aromatic heterocycles. The molecule has 1 unspecified atom stereocenters. The zero-order valence-electron chi connectivity index (χ0n) is 10.3. The van der Waals surface area contributed by atoms with Crippen molar-refractivity contribution in [2.45, 2.75) is 19.4 Å². The van der Waals surface area contributed by atoms with Crippen LogP contribution < -0.4 is 5.32 Å². The van der Waals surface area contributed by atoms with E-state index >= 15 is 0 Å². The molecule has 0 amide bonds. The van der Waals surface area contributed by atoms with Crippen molar-refractivity contribution in [2.75, 3.05) is 7.05 Å². The number of rotatable bonds is 4. The first-order chi connectivity index (χ1) is 8.67.